The van der Waals surface area contributed by atoms with E-state index in [2.05, 4.69) is 27.0 Å². The van der Waals surface area contributed by atoms with Crippen molar-refractivity contribution in [2.24, 2.45) is 0 Å². The highest BCUT2D eigenvalue weighted by Crippen LogP contribution is 2.26. The molecule has 124 valence electrons. The van der Waals surface area contributed by atoms with E-state index in [4.69, 9.17) is 13.7 Å². The summed E-state index contributed by atoms with van der Waals surface area (Å²) in [5.74, 6) is 3.00. The highest BCUT2D eigenvalue weighted by Gasteiger charge is 2.24. The van der Waals surface area contributed by atoms with Gasteiger partial charge in [0, 0.05) is 38.7 Å². The van der Waals surface area contributed by atoms with Crippen LogP contribution in [0.2, 0.25) is 0 Å². The fourth-order valence-electron chi connectivity index (χ4n) is 3.04. The van der Waals surface area contributed by atoms with Crippen molar-refractivity contribution in [1.82, 2.24) is 19.9 Å². The molecule has 0 saturated carbocycles. The molecule has 0 radical (unpaired) electrons. The number of aromatic nitrogens is 2. The second-order valence-corrected chi connectivity index (χ2v) is 6.36. The predicted molar refractivity (Wildman–Crippen MR) is 83.0 cm³/mol. The number of likely N-dealkylation sites (N-methyl/N-ethyl adjacent to an activating group) is 1. The van der Waals surface area contributed by atoms with E-state index in [0.717, 1.165) is 57.3 Å². The summed E-state index contributed by atoms with van der Waals surface area (Å²) in [7, 11) is 2.16. The molecule has 7 nitrogen and oxygen atoms in total. The number of furan rings is 1. The lowest BCUT2D eigenvalue weighted by Gasteiger charge is -2.31. The minimum atomic E-state index is 0.243. The molecule has 2 aromatic rings. The van der Waals surface area contributed by atoms with Crippen LogP contribution in [-0.2, 0) is 11.3 Å². The summed E-state index contributed by atoms with van der Waals surface area (Å²) in [4.78, 5) is 9.21. The Kier molecular flexibility index (Phi) is 4.15. The van der Waals surface area contributed by atoms with E-state index < -0.39 is 0 Å². The summed E-state index contributed by atoms with van der Waals surface area (Å²) >= 11 is 0. The van der Waals surface area contributed by atoms with Crippen molar-refractivity contribution in [3.8, 4) is 11.7 Å². The first-order valence-corrected chi connectivity index (χ1v) is 8.19. The molecule has 0 aliphatic carbocycles. The smallest absolute Gasteiger partial charge is 0.293 e. The van der Waals surface area contributed by atoms with Crippen LogP contribution in [0.5, 0.6) is 0 Å². The number of rotatable bonds is 4. The van der Waals surface area contributed by atoms with Crippen LogP contribution in [0.1, 0.15) is 23.9 Å². The lowest BCUT2D eigenvalue weighted by atomic mass is 10.1. The Morgan fingerprint density at radius 3 is 2.87 bits per heavy atom. The van der Waals surface area contributed by atoms with Gasteiger partial charge in [0.2, 0.25) is 0 Å². The molecule has 4 rings (SSSR count). The maximum atomic E-state index is 5.89. The molecule has 2 aliphatic heterocycles. The van der Waals surface area contributed by atoms with Crippen LogP contribution in [0.25, 0.3) is 11.7 Å². The normalized spacial score (nSPS) is 23.6. The van der Waals surface area contributed by atoms with Crippen molar-refractivity contribution >= 4 is 0 Å². The van der Waals surface area contributed by atoms with Crippen LogP contribution in [0.3, 0.4) is 0 Å². The molecule has 2 saturated heterocycles. The SMILES string of the molecule is CN1CCN(Cc2ccc(-c3nc([C@@H]4CCOC4)no3)o2)CC1. The summed E-state index contributed by atoms with van der Waals surface area (Å²) in [6.45, 7) is 6.60. The monoisotopic (exact) mass is 318 g/mol. The van der Waals surface area contributed by atoms with Gasteiger partial charge < -0.3 is 18.6 Å². The summed E-state index contributed by atoms with van der Waals surface area (Å²) in [6.07, 6.45) is 0.950. The third-order valence-electron chi connectivity index (χ3n) is 4.58. The maximum absolute atomic E-state index is 5.89. The van der Waals surface area contributed by atoms with Gasteiger partial charge in [-0.2, -0.15) is 4.98 Å². The van der Waals surface area contributed by atoms with Crippen molar-refractivity contribution in [2.75, 3.05) is 46.4 Å². The first-order valence-electron chi connectivity index (χ1n) is 8.19. The highest BCUT2D eigenvalue weighted by molar-refractivity contribution is 5.44. The maximum Gasteiger partial charge on any atom is 0.293 e. The summed E-state index contributed by atoms with van der Waals surface area (Å²) < 4.78 is 16.6. The van der Waals surface area contributed by atoms with Gasteiger partial charge in [-0.25, -0.2) is 0 Å². The summed E-state index contributed by atoms with van der Waals surface area (Å²) in [6, 6.07) is 3.91. The fourth-order valence-corrected chi connectivity index (χ4v) is 3.04. The Labute approximate surface area is 135 Å². The van der Waals surface area contributed by atoms with Crippen LogP contribution < -0.4 is 0 Å². The van der Waals surface area contributed by atoms with Crippen molar-refractivity contribution in [2.45, 2.75) is 18.9 Å². The van der Waals surface area contributed by atoms with Gasteiger partial charge in [-0.1, -0.05) is 5.16 Å². The standard InChI is InChI=1S/C16H22N4O3/c1-19-5-7-20(8-6-19)10-13-2-3-14(22-13)16-17-15(18-23-16)12-4-9-21-11-12/h2-3,12H,4-11H2,1H3/t12-/m1/s1. The van der Waals surface area contributed by atoms with E-state index in [1.165, 1.54) is 0 Å². The molecular weight excluding hydrogens is 296 g/mol. The molecule has 0 N–H and O–H groups in total. The molecule has 2 fully saturated rings. The van der Waals surface area contributed by atoms with E-state index in [1.54, 1.807) is 0 Å². The van der Waals surface area contributed by atoms with Gasteiger partial charge in [0.05, 0.1) is 13.2 Å². The highest BCUT2D eigenvalue weighted by atomic mass is 16.5. The zero-order chi connectivity index (χ0) is 15.6. The average molecular weight is 318 g/mol. The van der Waals surface area contributed by atoms with Gasteiger partial charge in [-0.05, 0) is 25.6 Å². The Morgan fingerprint density at radius 2 is 2.09 bits per heavy atom. The molecule has 1 atom stereocenters. The van der Waals surface area contributed by atoms with Crippen LogP contribution >= 0.6 is 0 Å². The van der Waals surface area contributed by atoms with Gasteiger partial charge in [-0.3, -0.25) is 4.90 Å². The molecule has 4 heterocycles. The number of hydrogen-bond acceptors (Lipinski definition) is 7. The zero-order valence-corrected chi connectivity index (χ0v) is 13.4. The molecule has 0 bridgehead atoms. The van der Waals surface area contributed by atoms with Gasteiger partial charge in [-0.15, -0.1) is 0 Å². The molecule has 0 spiro atoms. The molecule has 0 aromatic carbocycles. The van der Waals surface area contributed by atoms with E-state index in [1.807, 2.05) is 12.1 Å². The van der Waals surface area contributed by atoms with E-state index in [-0.39, 0.29) is 5.92 Å². The zero-order valence-electron chi connectivity index (χ0n) is 13.4. The third kappa shape index (κ3) is 3.31. The molecule has 0 amide bonds. The largest absolute Gasteiger partial charge is 0.455 e. The van der Waals surface area contributed by atoms with Crippen molar-refractivity contribution in [3.05, 3.63) is 23.7 Å². The van der Waals surface area contributed by atoms with Gasteiger partial charge in [0.1, 0.15) is 5.76 Å². The van der Waals surface area contributed by atoms with E-state index >= 15 is 0 Å². The van der Waals surface area contributed by atoms with Crippen molar-refractivity contribution < 1.29 is 13.7 Å². The summed E-state index contributed by atoms with van der Waals surface area (Å²) in [5.41, 5.74) is 0. The van der Waals surface area contributed by atoms with Gasteiger partial charge in [0.25, 0.3) is 5.89 Å². The average Bonchev–Trinajstić information content (AvgIpc) is 3.30. The molecule has 7 heteroatoms. The molecule has 2 aliphatic rings. The van der Waals surface area contributed by atoms with Gasteiger partial charge >= 0.3 is 0 Å². The Morgan fingerprint density at radius 1 is 1.22 bits per heavy atom. The Bertz CT molecular complexity index is 639. The number of piperazine rings is 1. The number of hydrogen-bond donors (Lipinski definition) is 0. The van der Waals surface area contributed by atoms with Crippen molar-refractivity contribution in [3.63, 3.8) is 0 Å². The first-order chi connectivity index (χ1) is 11.3. The van der Waals surface area contributed by atoms with Crippen molar-refractivity contribution in [1.29, 1.82) is 0 Å². The first kappa shape index (κ1) is 14.9. The second kappa shape index (κ2) is 6.43. The lowest BCUT2D eigenvalue weighted by molar-refractivity contribution is 0.140. The third-order valence-corrected chi connectivity index (χ3v) is 4.58. The Balaban J connectivity index is 1.41. The summed E-state index contributed by atoms with van der Waals surface area (Å²) in [5, 5.41) is 4.07. The topological polar surface area (TPSA) is 67.8 Å². The predicted octanol–water partition coefficient (Wildman–Crippen LogP) is 1.58. The number of nitrogens with zero attached hydrogens (tertiary/aromatic N) is 4. The van der Waals surface area contributed by atoms with E-state index in [0.29, 0.717) is 18.3 Å². The van der Waals surface area contributed by atoms with Crippen LogP contribution in [-0.4, -0.2) is 66.4 Å². The quantitative estimate of drug-likeness (QED) is 0.848. The van der Waals surface area contributed by atoms with E-state index in [9.17, 15) is 0 Å². The molecule has 0 unspecified atom stereocenters. The minimum absolute atomic E-state index is 0.243. The molecule has 23 heavy (non-hydrogen) atoms. The van der Waals surface area contributed by atoms with Crippen LogP contribution in [0.15, 0.2) is 21.1 Å². The minimum Gasteiger partial charge on any atom is -0.455 e. The molecule has 2 aromatic heterocycles. The Hall–Kier alpha value is -1.70. The fraction of sp³-hybridized carbons (Fsp3) is 0.625. The lowest BCUT2D eigenvalue weighted by Crippen LogP contribution is -2.43. The number of ether oxygens (including phenoxy) is 1. The molecular formula is C16H22N4O3. The van der Waals surface area contributed by atoms with Crippen LogP contribution in [0, 0.1) is 0 Å². The van der Waals surface area contributed by atoms with Gasteiger partial charge in [0.15, 0.2) is 11.6 Å². The van der Waals surface area contributed by atoms with Crippen LogP contribution in [0.4, 0.5) is 0 Å². The second-order valence-electron chi connectivity index (χ2n) is 6.36.